The lowest BCUT2D eigenvalue weighted by molar-refractivity contribution is 0.0190. The van der Waals surface area contributed by atoms with Gasteiger partial charge in [-0.1, -0.05) is 13.8 Å². The van der Waals surface area contributed by atoms with E-state index in [0.29, 0.717) is 0 Å². The van der Waals surface area contributed by atoms with Crippen molar-refractivity contribution in [3.05, 3.63) is 15.9 Å². The summed E-state index contributed by atoms with van der Waals surface area (Å²) in [4.78, 5) is 0. The van der Waals surface area contributed by atoms with Crippen LogP contribution in [0.15, 0.2) is 20.1 Å². The average Bonchev–Trinajstić information content (AvgIpc) is 2.63. The van der Waals surface area contributed by atoms with Crippen molar-refractivity contribution in [2.24, 2.45) is 5.92 Å². The van der Waals surface area contributed by atoms with Crippen molar-refractivity contribution in [3.63, 3.8) is 0 Å². The number of hydrogen-bond donors (Lipinski definition) is 2. The lowest BCUT2D eigenvalue weighted by Crippen LogP contribution is -2.44. The SMILES string of the molecule is CC(C)C(C)(O)CNS(=O)(=O)c1ccc(Br)s1. The Balaban J connectivity index is 2.76. The summed E-state index contributed by atoms with van der Waals surface area (Å²) in [7, 11) is -3.53. The number of thiophene rings is 1. The quantitative estimate of drug-likeness (QED) is 0.862. The molecule has 2 N–H and O–H groups in total. The zero-order chi connectivity index (χ0) is 13.3. The average molecular weight is 342 g/mol. The minimum Gasteiger partial charge on any atom is -0.389 e. The lowest BCUT2D eigenvalue weighted by atomic mass is 9.93. The van der Waals surface area contributed by atoms with Crippen LogP contribution in [0.4, 0.5) is 0 Å². The van der Waals surface area contributed by atoms with Gasteiger partial charge in [0.15, 0.2) is 0 Å². The first kappa shape index (κ1) is 15.1. The van der Waals surface area contributed by atoms with Crippen molar-refractivity contribution in [3.8, 4) is 0 Å². The molecule has 1 atom stereocenters. The Morgan fingerprint density at radius 2 is 2.12 bits per heavy atom. The van der Waals surface area contributed by atoms with Crippen molar-refractivity contribution in [1.82, 2.24) is 4.72 Å². The summed E-state index contributed by atoms with van der Waals surface area (Å²) in [5.74, 6) is -0.0275. The largest absolute Gasteiger partial charge is 0.389 e. The highest BCUT2D eigenvalue weighted by atomic mass is 79.9. The van der Waals surface area contributed by atoms with Gasteiger partial charge in [-0.05, 0) is 40.9 Å². The number of halogens is 1. The second kappa shape index (κ2) is 5.36. The molecule has 0 radical (unpaired) electrons. The highest BCUT2D eigenvalue weighted by molar-refractivity contribution is 9.11. The minimum atomic E-state index is -3.53. The van der Waals surface area contributed by atoms with E-state index in [9.17, 15) is 13.5 Å². The van der Waals surface area contributed by atoms with E-state index in [-0.39, 0.29) is 16.7 Å². The van der Waals surface area contributed by atoms with Gasteiger partial charge in [0.2, 0.25) is 10.0 Å². The van der Waals surface area contributed by atoms with Gasteiger partial charge in [-0.2, -0.15) is 0 Å². The summed E-state index contributed by atoms with van der Waals surface area (Å²) < 4.78 is 27.2. The molecule has 0 aliphatic rings. The van der Waals surface area contributed by atoms with E-state index < -0.39 is 15.6 Å². The molecular weight excluding hydrogens is 326 g/mol. The third kappa shape index (κ3) is 4.03. The zero-order valence-corrected chi connectivity index (χ0v) is 13.1. The molecule has 98 valence electrons. The van der Waals surface area contributed by atoms with E-state index in [4.69, 9.17) is 0 Å². The van der Waals surface area contributed by atoms with Gasteiger partial charge in [-0.3, -0.25) is 0 Å². The van der Waals surface area contributed by atoms with E-state index in [1.165, 1.54) is 6.07 Å². The van der Waals surface area contributed by atoms with Crippen LogP contribution in [0.25, 0.3) is 0 Å². The van der Waals surface area contributed by atoms with Gasteiger partial charge in [0, 0.05) is 6.54 Å². The zero-order valence-electron chi connectivity index (χ0n) is 9.90. The van der Waals surface area contributed by atoms with Crippen LogP contribution in [-0.4, -0.2) is 25.7 Å². The number of rotatable bonds is 5. The van der Waals surface area contributed by atoms with Crippen LogP contribution in [-0.2, 0) is 10.0 Å². The van der Waals surface area contributed by atoms with Gasteiger partial charge in [0.1, 0.15) is 4.21 Å². The highest BCUT2D eigenvalue weighted by Gasteiger charge is 2.27. The molecule has 17 heavy (non-hydrogen) atoms. The molecule has 1 rings (SSSR count). The third-order valence-corrected chi connectivity index (χ3v) is 6.19. The summed E-state index contributed by atoms with van der Waals surface area (Å²) in [5.41, 5.74) is -1.05. The molecule has 1 aromatic rings. The van der Waals surface area contributed by atoms with Crippen LogP contribution in [0.3, 0.4) is 0 Å². The molecule has 0 spiro atoms. The van der Waals surface area contributed by atoms with Crippen LogP contribution in [0.1, 0.15) is 20.8 Å². The Kier molecular flexibility index (Phi) is 4.76. The molecule has 0 saturated carbocycles. The first-order valence-corrected chi connectivity index (χ1v) is 8.22. The lowest BCUT2D eigenvalue weighted by Gasteiger charge is -2.27. The number of hydrogen-bond acceptors (Lipinski definition) is 4. The van der Waals surface area contributed by atoms with Crippen LogP contribution in [0, 0.1) is 5.92 Å². The fourth-order valence-corrected chi connectivity index (χ4v) is 4.16. The van der Waals surface area contributed by atoms with E-state index >= 15 is 0 Å². The molecular formula is C10H16BrNO3S2. The van der Waals surface area contributed by atoms with Gasteiger partial charge in [-0.25, -0.2) is 13.1 Å². The summed E-state index contributed by atoms with van der Waals surface area (Å²) in [6.45, 7) is 5.30. The Labute approximate surface area is 114 Å². The fourth-order valence-electron chi connectivity index (χ4n) is 0.959. The van der Waals surface area contributed by atoms with Gasteiger partial charge in [0.25, 0.3) is 0 Å². The van der Waals surface area contributed by atoms with Crippen molar-refractivity contribution in [2.45, 2.75) is 30.6 Å². The molecule has 0 aliphatic carbocycles. The Hall–Kier alpha value is 0.0500. The van der Waals surface area contributed by atoms with E-state index in [1.807, 2.05) is 13.8 Å². The van der Waals surface area contributed by atoms with Crippen molar-refractivity contribution >= 4 is 37.3 Å². The molecule has 1 unspecified atom stereocenters. The second-order valence-electron chi connectivity index (χ2n) is 4.39. The normalized spacial score (nSPS) is 16.1. The van der Waals surface area contributed by atoms with Crippen molar-refractivity contribution in [1.29, 1.82) is 0 Å². The van der Waals surface area contributed by atoms with Gasteiger partial charge >= 0.3 is 0 Å². The van der Waals surface area contributed by atoms with Crippen LogP contribution < -0.4 is 4.72 Å². The maximum Gasteiger partial charge on any atom is 0.250 e. The predicted molar refractivity (Wildman–Crippen MR) is 72.7 cm³/mol. The molecule has 1 aromatic heterocycles. The number of sulfonamides is 1. The van der Waals surface area contributed by atoms with E-state index in [2.05, 4.69) is 20.7 Å². The van der Waals surface area contributed by atoms with E-state index in [1.54, 1.807) is 13.0 Å². The highest BCUT2D eigenvalue weighted by Crippen LogP contribution is 2.26. The molecule has 0 bridgehead atoms. The smallest absolute Gasteiger partial charge is 0.250 e. The number of aliphatic hydroxyl groups is 1. The maximum absolute atomic E-state index is 11.9. The molecule has 0 aliphatic heterocycles. The van der Waals surface area contributed by atoms with Crippen LogP contribution >= 0.6 is 27.3 Å². The van der Waals surface area contributed by atoms with Gasteiger partial charge < -0.3 is 5.11 Å². The maximum atomic E-state index is 11.9. The monoisotopic (exact) mass is 341 g/mol. The molecule has 0 saturated heterocycles. The van der Waals surface area contributed by atoms with Crippen molar-refractivity contribution < 1.29 is 13.5 Å². The summed E-state index contributed by atoms with van der Waals surface area (Å²) in [6.07, 6.45) is 0. The third-order valence-electron chi connectivity index (χ3n) is 2.68. The Morgan fingerprint density at radius 1 is 1.53 bits per heavy atom. The van der Waals surface area contributed by atoms with Crippen molar-refractivity contribution in [2.75, 3.05) is 6.54 Å². The summed E-state index contributed by atoms with van der Waals surface area (Å²) >= 11 is 4.35. The Morgan fingerprint density at radius 3 is 2.53 bits per heavy atom. The second-order valence-corrected chi connectivity index (χ2v) is 8.85. The van der Waals surface area contributed by atoms with Crippen LogP contribution in [0.5, 0.6) is 0 Å². The standard InChI is InChI=1S/C10H16BrNO3S2/c1-7(2)10(3,13)6-12-17(14,15)9-5-4-8(11)16-9/h4-5,7,12-13H,6H2,1-3H3. The van der Waals surface area contributed by atoms with Crippen LogP contribution in [0.2, 0.25) is 0 Å². The molecule has 4 nitrogen and oxygen atoms in total. The topological polar surface area (TPSA) is 66.4 Å². The minimum absolute atomic E-state index is 0.00250. The summed E-state index contributed by atoms with van der Waals surface area (Å²) in [5, 5.41) is 9.97. The molecule has 0 amide bonds. The first-order valence-electron chi connectivity index (χ1n) is 5.12. The molecule has 0 fully saturated rings. The molecule has 0 aromatic carbocycles. The Bertz CT molecular complexity index is 479. The van der Waals surface area contributed by atoms with E-state index in [0.717, 1.165) is 15.1 Å². The predicted octanol–water partition coefficient (Wildman–Crippen LogP) is 2.20. The van der Waals surface area contributed by atoms with Gasteiger partial charge in [-0.15, -0.1) is 11.3 Å². The number of nitrogens with one attached hydrogen (secondary N) is 1. The molecule has 1 heterocycles. The first-order chi connectivity index (χ1) is 7.65. The molecule has 7 heteroatoms. The fraction of sp³-hybridized carbons (Fsp3) is 0.600. The summed E-state index contributed by atoms with van der Waals surface area (Å²) in [6, 6.07) is 3.21. The van der Waals surface area contributed by atoms with Gasteiger partial charge in [0.05, 0.1) is 9.39 Å².